The molecule has 134 valence electrons. The molecule has 4 nitrogen and oxygen atoms in total. The van der Waals surface area contributed by atoms with E-state index >= 15 is 0 Å². The minimum atomic E-state index is -4.57. The van der Waals surface area contributed by atoms with Crippen molar-refractivity contribution < 1.29 is 22.7 Å². The van der Waals surface area contributed by atoms with Crippen molar-refractivity contribution in [3.05, 3.63) is 53.6 Å². The van der Waals surface area contributed by atoms with Gasteiger partial charge >= 0.3 is 6.18 Å². The normalized spacial score (nSPS) is 11.3. The number of amides is 1. The summed E-state index contributed by atoms with van der Waals surface area (Å²) >= 11 is 0. The summed E-state index contributed by atoms with van der Waals surface area (Å²) in [4.78, 5) is 12.3. The highest BCUT2D eigenvalue weighted by atomic mass is 19.4. The number of rotatable bonds is 5. The maximum absolute atomic E-state index is 13.3. The summed E-state index contributed by atoms with van der Waals surface area (Å²) in [5.41, 5.74) is -0.577. The highest BCUT2D eigenvalue weighted by Crippen LogP contribution is 2.36. The third-order valence-electron chi connectivity index (χ3n) is 3.36. The van der Waals surface area contributed by atoms with E-state index < -0.39 is 17.6 Å². The molecule has 2 N–H and O–H groups in total. The predicted octanol–water partition coefficient (Wildman–Crippen LogP) is 4.79. The average Bonchev–Trinajstić information content (AvgIpc) is 2.53. The van der Waals surface area contributed by atoms with Gasteiger partial charge in [-0.05, 0) is 44.2 Å². The number of carbonyl (C=O) groups excluding carboxylic acids is 1. The molecule has 1 amide bonds. The van der Waals surface area contributed by atoms with Crippen LogP contribution in [0.5, 0.6) is 5.75 Å². The van der Waals surface area contributed by atoms with Gasteiger partial charge in [0.15, 0.2) is 0 Å². The molecule has 0 spiro atoms. The lowest BCUT2D eigenvalue weighted by atomic mass is 10.1. The SMILES string of the molecule is COc1cccc(NC(=O)c2ccc(NC(C)C)c(C(F)(F)F)c2)c1. The van der Waals surface area contributed by atoms with Crippen LogP contribution in [0.15, 0.2) is 42.5 Å². The average molecular weight is 352 g/mol. The number of halogens is 3. The van der Waals surface area contributed by atoms with Gasteiger partial charge in [0.1, 0.15) is 5.75 Å². The lowest BCUT2D eigenvalue weighted by molar-refractivity contribution is -0.137. The first kappa shape index (κ1) is 18.6. The summed E-state index contributed by atoms with van der Waals surface area (Å²) in [6.07, 6.45) is -4.57. The Morgan fingerprint density at radius 2 is 1.84 bits per heavy atom. The molecule has 0 heterocycles. The molecule has 0 atom stereocenters. The highest BCUT2D eigenvalue weighted by molar-refractivity contribution is 6.04. The molecule has 0 radical (unpaired) electrons. The van der Waals surface area contributed by atoms with Crippen molar-refractivity contribution in [3.63, 3.8) is 0 Å². The Labute approximate surface area is 144 Å². The van der Waals surface area contributed by atoms with Gasteiger partial charge in [0.05, 0.1) is 12.7 Å². The maximum Gasteiger partial charge on any atom is 0.418 e. The third-order valence-corrected chi connectivity index (χ3v) is 3.36. The molecule has 2 aromatic rings. The Kier molecular flexibility index (Phi) is 5.56. The summed E-state index contributed by atoms with van der Waals surface area (Å²) in [5.74, 6) is -0.0971. The van der Waals surface area contributed by atoms with Crippen LogP contribution in [0.4, 0.5) is 24.5 Å². The van der Waals surface area contributed by atoms with Crippen LogP contribution in [0, 0.1) is 0 Å². The van der Waals surface area contributed by atoms with Crippen molar-refractivity contribution in [3.8, 4) is 5.75 Å². The Bertz CT molecular complexity index is 758. The Morgan fingerprint density at radius 3 is 2.44 bits per heavy atom. The van der Waals surface area contributed by atoms with Gasteiger partial charge in [-0.1, -0.05) is 6.07 Å². The number of hydrogen-bond acceptors (Lipinski definition) is 3. The largest absolute Gasteiger partial charge is 0.497 e. The summed E-state index contributed by atoms with van der Waals surface area (Å²) < 4.78 is 44.9. The fourth-order valence-electron chi connectivity index (χ4n) is 2.26. The van der Waals surface area contributed by atoms with E-state index in [-0.39, 0.29) is 17.3 Å². The topological polar surface area (TPSA) is 50.4 Å². The highest BCUT2D eigenvalue weighted by Gasteiger charge is 2.34. The predicted molar refractivity (Wildman–Crippen MR) is 91.1 cm³/mol. The van der Waals surface area contributed by atoms with E-state index in [1.54, 1.807) is 38.1 Å². The van der Waals surface area contributed by atoms with E-state index in [0.29, 0.717) is 11.4 Å². The van der Waals surface area contributed by atoms with Crippen LogP contribution in [0.1, 0.15) is 29.8 Å². The van der Waals surface area contributed by atoms with Crippen LogP contribution in [-0.2, 0) is 6.18 Å². The Morgan fingerprint density at radius 1 is 1.12 bits per heavy atom. The molecule has 2 aromatic carbocycles. The van der Waals surface area contributed by atoms with Gasteiger partial charge in [-0.2, -0.15) is 13.2 Å². The summed E-state index contributed by atoms with van der Waals surface area (Å²) in [7, 11) is 1.48. The zero-order chi connectivity index (χ0) is 18.6. The molecule has 0 bridgehead atoms. The second kappa shape index (κ2) is 7.46. The fourth-order valence-corrected chi connectivity index (χ4v) is 2.26. The van der Waals surface area contributed by atoms with Crippen molar-refractivity contribution in [2.24, 2.45) is 0 Å². The number of methoxy groups -OCH3 is 1. The Balaban J connectivity index is 2.30. The lowest BCUT2D eigenvalue weighted by Crippen LogP contribution is -2.18. The minimum absolute atomic E-state index is 0.0552. The van der Waals surface area contributed by atoms with E-state index in [9.17, 15) is 18.0 Å². The first-order valence-electron chi connectivity index (χ1n) is 7.64. The lowest BCUT2D eigenvalue weighted by Gasteiger charge is -2.18. The van der Waals surface area contributed by atoms with Crippen molar-refractivity contribution >= 4 is 17.3 Å². The van der Waals surface area contributed by atoms with E-state index in [1.165, 1.54) is 19.2 Å². The fraction of sp³-hybridized carbons (Fsp3) is 0.278. The molecule has 0 saturated carbocycles. The number of benzene rings is 2. The monoisotopic (exact) mass is 352 g/mol. The number of alkyl halides is 3. The molecule has 0 unspecified atom stereocenters. The van der Waals surface area contributed by atoms with E-state index in [1.807, 2.05) is 0 Å². The van der Waals surface area contributed by atoms with E-state index in [2.05, 4.69) is 10.6 Å². The van der Waals surface area contributed by atoms with Crippen LogP contribution in [0.3, 0.4) is 0 Å². The molecule has 0 aliphatic rings. The summed E-state index contributed by atoms with van der Waals surface area (Å²) in [6.45, 7) is 3.48. The molecule has 7 heteroatoms. The van der Waals surface area contributed by atoms with Gasteiger partial charge < -0.3 is 15.4 Å². The zero-order valence-electron chi connectivity index (χ0n) is 14.1. The van der Waals surface area contributed by atoms with Gasteiger partial charge in [0.2, 0.25) is 0 Å². The molecular formula is C18H19F3N2O2. The first-order chi connectivity index (χ1) is 11.7. The van der Waals surface area contributed by atoms with Crippen LogP contribution in [0.2, 0.25) is 0 Å². The van der Waals surface area contributed by atoms with Crippen molar-refractivity contribution in [1.82, 2.24) is 0 Å². The smallest absolute Gasteiger partial charge is 0.418 e. The molecular weight excluding hydrogens is 333 g/mol. The van der Waals surface area contributed by atoms with E-state index in [0.717, 1.165) is 6.07 Å². The van der Waals surface area contributed by atoms with Gasteiger partial charge in [0.25, 0.3) is 5.91 Å². The van der Waals surface area contributed by atoms with Gasteiger partial charge in [-0.3, -0.25) is 4.79 Å². The van der Waals surface area contributed by atoms with Crippen molar-refractivity contribution in [2.75, 3.05) is 17.7 Å². The second-order valence-electron chi connectivity index (χ2n) is 5.74. The molecule has 0 aliphatic carbocycles. The van der Waals surface area contributed by atoms with Crippen LogP contribution in [-0.4, -0.2) is 19.1 Å². The van der Waals surface area contributed by atoms with Crippen LogP contribution < -0.4 is 15.4 Å². The van der Waals surface area contributed by atoms with Gasteiger partial charge in [-0.25, -0.2) is 0 Å². The van der Waals surface area contributed by atoms with Crippen molar-refractivity contribution in [1.29, 1.82) is 0 Å². The number of anilines is 2. The summed E-state index contributed by atoms with van der Waals surface area (Å²) in [6, 6.07) is 9.88. The molecule has 0 fully saturated rings. The number of carbonyl (C=O) groups is 1. The molecule has 25 heavy (non-hydrogen) atoms. The van der Waals surface area contributed by atoms with E-state index in [4.69, 9.17) is 4.74 Å². The molecule has 0 aromatic heterocycles. The number of hydrogen-bond donors (Lipinski definition) is 2. The van der Waals surface area contributed by atoms with Crippen LogP contribution >= 0.6 is 0 Å². The molecule has 0 saturated heterocycles. The molecule has 2 rings (SSSR count). The first-order valence-corrected chi connectivity index (χ1v) is 7.64. The standard InChI is InChI=1S/C18H19F3N2O2/c1-11(2)22-16-8-7-12(9-15(16)18(19,20)21)17(24)23-13-5-4-6-14(10-13)25-3/h4-11,22H,1-3H3,(H,23,24). The zero-order valence-corrected chi connectivity index (χ0v) is 14.1. The Hall–Kier alpha value is -2.70. The van der Waals surface area contributed by atoms with Gasteiger partial charge in [-0.15, -0.1) is 0 Å². The summed E-state index contributed by atoms with van der Waals surface area (Å²) in [5, 5.41) is 5.31. The quantitative estimate of drug-likeness (QED) is 0.814. The van der Waals surface area contributed by atoms with Gasteiger partial charge in [0, 0.05) is 29.0 Å². The maximum atomic E-state index is 13.3. The number of nitrogens with one attached hydrogen (secondary N) is 2. The molecule has 0 aliphatic heterocycles. The third kappa shape index (κ3) is 4.89. The number of ether oxygens (including phenoxy) is 1. The van der Waals surface area contributed by atoms with Crippen molar-refractivity contribution in [2.45, 2.75) is 26.1 Å². The minimum Gasteiger partial charge on any atom is -0.497 e. The second-order valence-corrected chi connectivity index (χ2v) is 5.74. The van der Waals surface area contributed by atoms with Crippen LogP contribution in [0.25, 0.3) is 0 Å².